The van der Waals surface area contributed by atoms with Gasteiger partial charge in [0.1, 0.15) is 0 Å². The Morgan fingerprint density at radius 2 is 1.87 bits per heavy atom. The molecule has 0 spiro atoms. The van der Waals surface area contributed by atoms with Crippen molar-refractivity contribution in [2.45, 2.75) is 40.5 Å². The average molecular weight is 212 g/mol. The van der Waals surface area contributed by atoms with Crippen molar-refractivity contribution in [3.63, 3.8) is 0 Å². The van der Waals surface area contributed by atoms with Crippen LogP contribution in [0.25, 0.3) is 0 Å². The summed E-state index contributed by atoms with van der Waals surface area (Å²) in [6.45, 7) is 11.1. The van der Waals surface area contributed by atoms with Crippen molar-refractivity contribution in [2.24, 2.45) is 10.8 Å². The van der Waals surface area contributed by atoms with E-state index in [1.165, 1.54) is 0 Å². The summed E-state index contributed by atoms with van der Waals surface area (Å²) in [5.74, 6) is 0.155. The van der Waals surface area contributed by atoms with Gasteiger partial charge in [0.15, 0.2) is 0 Å². The van der Waals surface area contributed by atoms with Gasteiger partial charge in [-0.05, 0) is 31.3 Å². The number of hydrogen-bond donors (Lipinski definition) is 2. The predicted octanol–water partition coefficient (Wildman–Crippen LogP) is 1.54. The van der Waals surface area contributed by atoms with Crippen LogP contribution < -0.4 is 10.6 Å². The zero-order chi connectivity index (χ0) is 11.5. The van der Waals surface area contributed by atoms with E-state index in [1.807, 2.05) is 20.8 Å². The molecule has 0 unspecified atom stereocenters. The first-order valence-electron chi connectivity index (χ1n) is 5.83. The van der Waals surface area contributed by atoms with Crippen molar-refractivity contribution >= 4 is 5.91 Å². The molecule has 1 fully saturated rings. The van der Waals surface area contributed by atoms with E-state index < -0.39 is 0 Å². The van der Waals surface area contributed by atoms with Crippen molar-refractivity contribution in [2.75, 3.05) is 19.6 Å². The number of carbonyl (C=O) groups is 1. The molecular formula is C12H24N2O. The van der Waals surface area contributed by atoms with Gasteiger partial charge in [0.2, 0.25) is 5.91 Å². The lowest BCUT2D eigenvalue weighted by molar-refractivity contribution is -0.129. The van der Waals surface area contributed by atoms with Crippen molar-refractivity contribution in [3.05, 3.63) is 0 Å². The average Bonchev–Trinajstić information content (AvgIpc) is 2.14. The summed E-state index contributed by atoms with van der Waals surface area (Å²) in [6, 6.07) is 0. The molecular weight excluding hydrogens is 188 g/mol. The van der Waals surface area contributed by atoms with Gasteiger partial charge in [-0.15, -0.1) is 0 Å². The number of piperidine rings is 1. The smallest absolute Gasteiger partial charge is 0.225 e. The molecule has 0 aromatic carbocycles. The lowest BCUT2D eigenvalue weighted by Gasteiger charge is -2.35. The van der Waals surface area contributed by atoms with E-state index in [1.54, 1.807) is 0 Å². The van der Waals surface area contributed by atoms with Crippen LogP contribution in [0.4, 0.5) is 0 Å². The van der Waals surface area contributed by atoms with Gasteiger partial charge in [-0.25, -0.2) is 0 Å². The number of hydrogen-bond acceptors (Lipinski definition) is 2. The van der Waals surface area contributed by atoms with Gasteiger partial charge in [-0.2, -0.15) is 0 Å². The topological polar surface area (TPSA) is 41.1 Å². The van der Waals surface area contributed by atoms with Crippen LogP contribution in [0.1, 0.15) is 40.5 Å². The Hall–Kier alpha value is -0.570. The molecule has 15 heavy (non-hydrogen) atoms. The molecule has 0 aromatic heterocycles. The van der Waals surface area contributed by atoms with Gasteiger partial charge in [-0.1, -0.05) is 27.7 Å². The van der Waals surface area contributed by atoms with Gasteiger partial charge in [0.05, 0.1) is 0 Å². The molecule has 88 valence electrons. The highest BCUT2D eigenvalue weighted by atomic mass is 16.2. The minimum Gasteiger partial charge on any atom is -0.355 e. The largest absolute Gasteiger partial charge is 0.355 e. The molecule has 0 radical (unpaired) electrons. The summed E-state index contributed by atoms with van der Waals surface area (Å²) in [5.41, 5.74) is 0.00936. The summed E-state index contributed by atoms with van der Waals surface area (Å²) >= 11 is 0. The Labute approximate surface area is 93.0 Å². The molecule has 0 atom stereocenters. The van der Waals surface area contributed by atoms with Gasteiger partial charge >= 0.3 is 0 Å². The van der Waals surface area contributed by atoms with Crippen LogP contribution in [0.15, 0.2) is 0 Å². The Bertz CT molecular complexity index is 224. The molecule has 3 nitrogen and oxygen atoms in total. The van der Waals surface area contributed by atoms with E-state index in [4.69, 9.17) is 0 Å². The Kier molecular flexibility index (Phi) is 3.77. The van der Waals surface area contributed by atoms with Crippen molar-refractivity contribution in [1.82, 2.24) is 10.6 Å². The number of nitrogens with one attached hydrogen (secondary N) is 2. The molecule has 0 bridgehead atoms. The maximum absolute atomic E-state index is 11.7. The van der Waals surface area contributed by atoms with E-state index in [0.29, 0.717) is 0 Å². The number of carbonyl (C=O) groups excluding carboxylic acids is 1. The van der Waals surface area contributed by atoms with E-state index in [0.717, 1.165) is 32.5 Å². The quantitative estimate of drug-likeness (QED) is 0.729. The SMILES string of the molecule is CC1(CNC(=O)C(C)(C)C)CCNCC1. The minimum absolute atomic E-state index is 0.155. The minimum atomic E-state index is -0.275. The summed E-state index contributed by atoms with van der Waals surface area (Å²) in [6.07, 6.45) is 2.30. The van der Waals surface area contributed by atoms with Crippen LogP contribution in [0.3, 0.4) is 0 Å². The summed E-state index contributed by atoms with van der Waals surface area (Å²) in [4.78, 5) is 11.7. The summed E-state index contributed by atoms with van der Waals surface area (Å²) in [5, 5.41) is 6.41. The molecule has 1 heterocycles. The zero-order valence-corrected chi connectivity index (χ0v) is 10.4. The molecule has 2 N–H and O–H groups in total. The Morgan fingerprint density at radius 3 is 2.33 bits per heavy atom. The van der Waals surface area contributed by atoms with Crippen LogP contribution in [0.5, 0.6) is 0 Å². The molecule has 0 aliphatic carbocycles. The van der Waals surface area contributed by atoms with Crippen LogP contribution >= 0.6 is 0 Å². The van der Waals surface area contributed by atoms with E-state index in [2.05, 4.69) is 17.6 Å². The van der Waals surface area contributed by atoms with Crippen LogP contribution in [-0.4, -0.2) is 25.5 Å². The molecule has 1 amide bonds. The highest BCUT2D eigenvalue weighted by Gasteiger charge is 2.29. The monoisotopic (exact) mass is 212 g/mol. The first kappa shape index (κ1) is 12.5. The molecule has 1 aliphatic rings. The third kappa shape index (κ3) is 3.82. The van der Waals surface area contributed by atoms with Crippen molar-refractivity contribution < 1.29 is 4.79 Å². The lowest BCUT2D eigenvalue weighted by atomic mass is 9.80. The van der Waals surface area contributed by atoms with Gasteiger partial charge < -0.3 is 10.6 Å². The molecule has 1 saturated heterocycles. The summed E-state index contributed by atoms with van der Waals surface area (Å²) < 4.78 is 0. The number of rotatable bonds is 2. The molecule has 0 aromatic rings. The maximum Gasteiger partial charge on any atom is 0.225 e. The Balaban J connectivity index is 2.38. The third-order valence-corrected chi connectivity index (χ3v) is 3.17. The Morgan fingerprint density at radius 1 is 1.33 bits per heavy atom. The highest BCUT2D eigenvalue weighted by molar-refractivity contribution is 5.81. The van der Waals surface area contributed by atoms with Gasteiger partial charge in [0, 0.05) is 12.0 Å². The summed E-state index contributed by atoms with van der Waals surface area (Å²) in [7, 11) is 0. The van der Waals surface area contributed by atoms with E-state index in [9.17, 15) is 4.79 Å². The van der Waals surface area contributed by atoms with Crippen LogP contribution in [0.2, 0.25) is 0 Å². The second kappa shape index (κ2) is 4.52. The normalized spacial score (nSPS) is 21.1. The standard InChI is InChI=1S/C12H24N2O/c1-11(2,3)10(15)14-9-12(4)5-7-13-8-6-12/h13H,5-9H2,1-4H3,(H,14,15). The van der Waals surface area contributed by atoms with Crippen LogP contribution in [0, 0.1) is 10.8 Å². The second-order valence-electron chi connectivity index (χ2n) is 5.99. The maximum atomic E-state index is 11.7. The van der Waals surface area contributed by atoms with Gasteiger partial charge in [0.25, 0.3) is 0 Å². The van der Waals surface area contributed by atoms with E-state index in [-0.39, 0.29) is 16.7 Å². The molecule has 0 saturated carbocycles. The van der Waals surface area contributed by atoms with E-state index >= 15 is 0 Å². The number of amides is 1. The fraction of sp³-hybridized carbons (Fsp3) is 0.917. The van der Waals surface area contributed by atoms with Crippen molar-refractivity contribution in [1.29, 1.82) is 0 Å². The third-order valence-electron chi connectivity index (χ3n) is 3.17. The van der Waals surface area contributed by atoms with Crippen LogP contribution in [-0.2, 0) is 4.79 Å². The zero-order valence-electron chi connectivity index (χ0n) is 10.4. The lowest BCUT2D eigenvalue weighted by Crippen LogP contribution is -2.45. The first-order valence-corrected chi connectivity index (χ1v) is 5.83. The first-order chi connectivity index (χ1) is 6.83. The molecule has 1 rings (SSSR count). The molecule has 3 heteroatoms. The fourth-order valence-corrected chi connectivity index (χ4v) is 1.77. The molecule has 1 aliphatic heterocycles. The fourth-order valence-electron chi connectivity index (χ4n) is 1.77. The predicted molar refractivity (Wildman–Crippen MR) is 62.7 cm³/mol. The van der Waals surface area contributed by atoms with Gasteiger partial charge in [-0.3, -0.25) is 4.79 Å². The second-order valence-corrected chi connectivity index (χ2v) is 5.99. The van der Waals surface area contributed by atoms with Crippen molar-refractivity contribution in [3.8, 4) is 0 Å². The highest BCUT2D eigenvalue weighted by Crippen LogP contribution is 2.27.